The molecule has 7 nitrogen and oxygen atoms in total. The highest BCUT2D eigenvalue weighted by molar-refractivity contribution is 5.92. The number of carbonyl (C=O) groups is 1. The Balaban J connectivity index is 1.28. The van der Waals surface area contributed by atoms with E-state index >= 15 is 0 Å². The molecule has 1 amide bonds. The Morgan fingerprint density at radius 2 is 1.56 bits per heavy atom. The van der Waals surface area contributed by atoms with Crippen molar-refractivity contribution in [1.82, 2.24) is 9.99 Å². The maximum absolute atomic E-state index is 12.3. The fraction of sp³-hybridized carbons (Fsp3) is 0.185. The van der Waals surface area contributed by atoms with Crippen LogP contribution < -0.4 is 14.9 Å². The number of aryl methyl sites for hydroxylation is 2. The van der Waals surface area contributed by atoms with Crippen LogP contribution in [0, 0.1) is 13.8 Å². The number of benzene rings is 2. The molecular weight excluding hydrogens is 430 g/mol. The summed E-state index contributed by atoms with van der Waals surface area (Å²) >= 11 is 0. The predicted octanol–water partition coefficient (Wildman–Crippen LogP) is 5.43. The van der Waals surface area contributed by atoms with Crippen LogP contribution in [0.25, 0.3) is 5.69 Å². The van der Waals surface area contributed by atoms with E-state index in [2.05, 4.69) is 41.1 Å². The van der Waals surface area contributed by atoms with Crippen LogP contribution >= 0.6 is 0 Å². The van der Waals surface area contributed by atoms with Gasteiger partial charge in [-0.3, -0.25) is 4.79 Å². The van der Waals surface area contributed by atoms with Crippen molar-refractivity contribution in [2.24, 2.45) is 5.10 Å². The van der Waals surface area contributed by atoms with E-state index in [9.17, 15) is 4.79 Å². The fourth-order valence-electron chi connectivity index (χ4n) is 3.54. The molecule has 174 valence electrons. The monoisotopic (exact) mass is 457 g/mol. The van der Waals surface area contributed by atoms with Gasteiger partial charge in [-0.2, -0.15) is 5.10 Å². The first-order valence-corrected chi connectivity index (χ1v) is 11.1. The molecule has 0 fully saturated rings. The van der Waals surface area contributed by atoms with E-state index in [0.29, 0.717) is 18.1 Å². The number of carbonyl (C=O) groups excluding carboxylic acids is 1. The summed E-state index contributed by atoms with van der Waals surface area (Å²) in [4.78, 5) is 12.3. The summed E-state index contributed by atoms with van der Waals surface area (Å²) in [6.07, 6.45) is 1.56. The van der Waals surface area contributed by atoms with E-state index in [1.807, 2.05) is 55.5 Å². The van der Waals surface area contributed by atoms with Gasteiger partial charge in [-0.25, -0.2) is 5.43 Å². The van der Waals surface area contributed by atoms with Gasteiger partial charge < -0.3 is 18.5 Å². The van der Waals surface area contributed by atoms with E-state index < -0.39 is 5.91 Å². The van der Waals surface area contributed by atoms with Crippen molar-refractivity contribution in [2.75, 3.05) is 6.61 Å². The summed E-state index contributed by atoms with van der Waals surface area (Å²) in [6.45, 7) is 6.91. The van der Waals surface area contributed by atoms with Crippen molar-refractivity contribution in [3.05, 3.63) is 101 Å². The van der Waals surface area contributed by atoms with Crippen LogP contribution in [0.4, 0.5) is 0 Å². The van der Waals surface area contributed by atoms with E-state index in [0.717, 1.165) is 17.0 Å². The number of hydrazone groups is 1. The van der Waals surface area contributed by atoms with Crippen LogP contribution in [0.5, 0.6) is 11.5 Å². The number of nitrogens with one attached hydrogen (secondary N) is 1. The number of hydrogen-bond donors (Lipinski definition) is 1. The summed E-state index contributed by atoms with van der Waals surface area (Å²) in [7, 11) is 0. The number of nitrogens with zero attached hydrogens (tertiary/aromatic N) is 2. The summed E-state index contributed by atoms with van der Waals surface area (Å²) in [5.74, 6) is 1.78. The van der Waals surface area contributed by atoms with Crippen molar-refractivity contribution < 1.29 is 18.7 Å². The minimum absolute atomic E-state index is 0.163. The molecule has 0 aliphatic heterocycles. The molecule has 0 saturated carbocycles. The molecule has 4 aromatic rings. The molecule has 34 heavy (non-hydrogen) atoms. The average molecular weight is 458 g/mol. The molecule has 0 unspecified atom stereocenters. The van der Waals surface area contributed by atoms with E-state index in [-0.39, 0.29) is 12.4 Å². The molecule has 2 aromatic heterocycles. The third-order valence-electron chi connectivity index (χ3n) is 5.20. The minimum Gasteiger partial charge on any atom is -0.494 e. The van der Waals surface area contributed by atoms with Gasteiger partial charge in [0.05, 0.1) is 12.8 Å². The lowest BCUT2D eigenvalue weighted by Crippen LogP contribution is -2.16. The van der Waals surface area contributed by atoms with Crippen LogP contribution in [0.15, 0.2) is 82.3 Å². The zero-order chi connectivity index (χ0) is 23.9. The molecule has 7 heteroatoms. The van der Waals surface area contributed by atoms with Crippen molar-refractivity contribution in [1.29, 1.82) is 0 Å². The molecule has 0 bridgehead atoms. The quantitative estimate of drug-likeness (QED) is 0.269. The molecule has 2 aromatic carbocycles. The Morgan fingerprint density at radius 3 is 2.24 bits per heavy atom. The number of aromatic nitrogens is 1. The van der Waals surface area contributed by atoms with E-state index in [4.69, 9.17) is 13.9 Å². The minimum atomic E-state index is -0.435. The van der Waals surface area contributed by atoms with E-state index in [1.54, 1.807) is 18.3 Å². The van der Waals surface area contributed by atoms with Gasteiger partial charge >= 0.3 is 5.91 Å². The zero-order valence-electron chi connectivity index (χ0n) is 19.4. The SMILES string of the molecule is CCOc1ccc(/C=N/NC(=O)c2ccc(COc3ccc(-n4c(C)ccc4C)cc3)o2)cc1. The van der Waals surface area contributed by atoms with Gasteiger partial charge in [-0.05, 0) is 99.1 Å². The number of amides is 1. The molecule has 0 radical (unpaired) electrons. The van der Waals surface area contributed by atoms with Crippen LogP contribution in [0.1, 0.15) is 40.2 Å². The van der Waals surface area contributed by atoms with Gasteiger partial charge in [0.1, 0.15) is 23.9 Å². The normalized spacial score (nSPS) is 11.0. The van der Waals surface area contributed by atoms with Gasteiger partial charge in [0, 0.05) is 17.1 Å². The second-order valence-corrected chi connectivity index (χ2v) is 7.70. The Hall–Kier alpha value is -4.26. The molecule has 2 heterocycles. The Labute approximate surface area is 198 Å². The number of furan rings is 1. The Bertz CT molecular complexity index is 1250. The first kappa shape index (κ1) is 22.9. The van der Waals surface area contributed by atoms with Crippen LogP contribution in [-0.2, 0) is 6.61 Å². The molecule has 0 spiro atoms. The molecular formula is C27H27N3O4. The molecule has 0 atom stereocenters. The Morgan fingerprint density at radius 1 is 0.912 bits per heavy atom. The zero-order valence-corrected chi connectivity index (χ0v) is 19.4. The number of ether oxygens (including phenoxy) is 2. The van der Waals surface area contributed by atoms with E-state index in [1.165, 1.54) is 11.4 Å². The van der Waals surface area contributed by atoms with Gasteiger partial charge in [0.15, 0.2) is 5.76 Å². The van der Waals surface area contributed by atoms with Crippen LogP contribution in [0.3, 0.4) is 0 Å². The smallest absolute Gasteiger partial charge is 0.307 e. The number of hydrogen-bond acceptors (Lipinski definition) is 5. The summed E-state index contributed by atoms with van der Waals surface area (Å²) in [6, 6.07) is 22.8. The average Bonchev–Trinajstić information content (AvgIpc) is 3.46. The van der Waals surface area contributed by atoms with Crippen LogP contribution in [0.2, 0.25) is 0 Å². The summed E-state index contributed by atoms with van der Waals surface area (Å²) < 4.78 is 19.0. The topological polar surface area (TPSA) is 78.0 Å². The maximum Gasteiger partial charge on any atom is 0.307 e. The molecule has 0 aliphatic rings. The second-order valence-electron chi connectivity index (χ2n) is 7.70. The first-order valence-electron chi connectivity index (χ1n) is 11.1. The van der Waals surface area contributed by atoms with Crippen molar-refractivity contribution in [3.8, 4) is 17.2 Å². The standard InChI is InChI=1S/C27H27N3O4/c1-4-32-23-11-7-21(8-12-23)17-28-29-27(31)26-16-15-25(34-26)18-33-24-13-9-22(10-14-24)30-19(2)5-6-20(30)3/h5-17H,4,18H2,1-3H3,(H,29,31)/b28-17+. The largest absolute Gasteiger partial charge is 0.494 e. The highest BCUT2D eigenvalue weighted by Crippen LogP contribution is 2.21. The lowest BCUT2D eigenvalue weighted by Gasteiger charge is -2.10. The summed E-state index contributed by atoms with van der Waals surface area (Å²) in [5, 5.41) is 3.98. The second kappa shape index (κ2) is 10.6. The lowest BCUT2D eigenvalue weighted by molar-refractivity contribution is 0.0923. The Kier molecular flexibility index (Phi) is 7.13. The van der Waals surface area contributed by atoms with Gasteiger partial charge in [0.25, 0.3) is 0 Å². The highest BCUT2D eigenvalue weighted by Gasteiger charge is 2.11. The lowest BCUT2D eigenvalue weighted by atomic mass is 10.2. The van der Waals surface area contributed by atoms with Gasteiger partial charge in [-0.1, -0.05) is 0 Å². The predicted molar refractivity (Wildman–Crippen MR) is 131 cm³/mol. The fourth-order valence-corrected chi connectivity index (χ4v) is 3.54. The van der Waals surface area contributed by atoms with Gasteiger partial charge in [-0.15, -0.1) is 0 Å². The third-order valence-corrected chi connectivity index (χ3v) is 5.20. The van der Waals surface area contributed by atoms with Crippen molar-refractivity contribution in [2.45, 2.75) is 27.4 Å². The molecule has 0 saturated heterocycles. The number of rotatable bonds is 9. The van der Waals surface area contributed by atoms with Crippen molar-refractivity contribution >= 4 is 12.1 Å². The first-order chi connectivity index (χ1) is 16.5. The highest BCUT2D eigenvalue weighted by atomic mass is 16.5. The van der Waals surface area contributed by atoms with Crippen LogP contribution in [-0.4, -0.2) is 23.3 Å². The molecule has 1 N–H and O–H groups in total. The molecule has 0 aliphatic carbocycles. The third kappa shape index (κ3) is 5.56. The molecule has 4 rings (SSSR count). The maximum atomic E-state index is 12.3. The van der Waals surface area contributed by atoms with Crippen molar-refractivity contribution in [3.63, 3.8) is 0 Å². The van der Waals surface area contributed by atoms with Gasteiger partial charge in [0.2, 0.25) is 0 Å². The summed E-state index contributed by atoms with van der Waals surface area (Å²) in [5.41, 5.74) is 6.74.